The van der Waals surface area contributed by atoms with Gasteiger partial charge in [0, 0.05) is 44.2 Å². The number of nitrogens with zero attached hydrogens (tertiary/aromatic N) is 4. The molecule has 4 N–H and O–H groups in total. The van der Waals surface area contributed by atoms with Crippen molar-refractivity contribution in [3.63, 3.8) is 0 Å². The first-order valence-electron chi connectivity index (χ1n) is 13.3. The van der Waals surface area contributed by atoms with Gasteiger partial charge in [0.1, 0.15) is 45.9 Å². The molecule has 1 fully saturated rings. The van der Waals surface area contributed by atoms with Crippen molar-refractivity contribution >= 4 is 67.3 Å². The Kier molecular flexibility index (Phi) is 4.29. The zero-order valence-electron chi connectivity index (χ0n) is 21.2. The van der Waals surface area contributed by atoms with E-state index in [4.69, 9.17) is 20.0 Å². The lowest BCUT2D eigenvalue weighted by Gasteiger charge is -2.13. The smallest absolute Gasteiger partial charge is 0.142 e. The quantitative estimate of drug-likeness (QED) is 0.192. The van der Waals surface area contributed by atoms with Crippen molar-refractivity contribution < 1.29 is 0 Å². The van der Waals surface area contributed by atoms with Gasteiger partial charge < -0.3 is 20.3 Å². The van der Waals surface area contributed by atoms with E-state index in [1.54, 1.807) is 0 Å². The monoisotopic (exact) mass is 518 g/mol. The highest BCUT2D eigenvalue weighted by molar-refractivity contribution is 6.15. The number of aromatic amines is 3. The number of benzene rings is 3. The second-order valence-corrected chi connectivity index (χ2v) is 10.3. The highest BCUT2D eigenvalue weighted by atomic mass is 15.2. The number of hydrogen-bond acceptors (Lipinski definition) is 5. The van der Waals surface area contributed by atoms with Crippen molar-refractivity contribution in [2.75, 3.05) is 0 Å². The van der Waals surface area contributed by atoms with Crippen LogP contribution in [0.15, 0.2) is 117 Å². The highest BCUT2D eigenvalue weighted by Gasteiger charge is 2.36. The minimum absolute atomic E-state index is 0.0572. The van der Waals surface area contributed by atoms with E-state index in [1.165, 1.54) is 0 Å². The fourth-order valence-electron chi connectivity index (χ4n) is 6.05. The first-order valence-corrected chi connectivity index (χ1v) is 13.3. The SMILES string of the molecule is C1=C[C@H]2C3=Nc4[nH]c(c5ccccc45)N=c4[nH]c(c5ccccc45)=Nc4[nH]c(c5ccccc45)N=C(N3)[C@@H]2C=C1. The number of allylic oxidation sites excluding steroid dienone is 2. The Hall–Kier alpha value is -5.50. The van der Waals surface area contributed by atoms with Gasteiger partial charge in [0.2, 0.25) is 0 Å². The second kappa shape index (κ2) is 8.00. The van der Waals surface area contributed by atoms with Crippen LogP contribution in [0.3, 0.4) is 0 Å². The third-order valence-corrected chi connectivity index (χ3v) is 7.96. The molecule has 6 aromatic rings. The average molecular weight is 519 g/mol. The van der Waals surface area contributed by atoms with Gasteiger partial charge in [0.25, 0.3) is 0 Å². The Balaban J connectivity index is 1.42. The van der Waals surface area contributed by atoms with Crippen molar-refractivity contribution in [3.8, 4) is 0 Å². The number of hydrogen-bond donors (Lipinski definition) is 4. The number of aromatic nitrogens is 3. The van der Waals surface area contributed by atoms with Gasteiger partial charge in [0.05, 0.1) is 0 Å². The predicted octanol–water partition coefficient (Wildman–Crippen LogP) is 6.07. The fraction of sp³-hybridized carbons (Fsp3) is 0.0625. The number of fused-ring (bicyclic) bond motifs is 20. The number of rotatable bonds is 0. The van der Waals surface area contributed by atoms with Gasteiger partial charge >= 0.3 is 0 Å². The summed E-state index contributed by atoms with van der Waals surface area (Å²) in [6.07, 6.45) is 8.52. The first kappa shape index (κ1) is 21.4. The second-order valence-electron chi connectivity index (χ2n) is 10.3. The zero-order valence-corrected chi connectivity index (χ0v) is 21.2. The molecule has 8 bridgehead atoms. The molecule has 9 rings (SSSR count). The van der Waals surface area contributed by atoms with E-state index in [0.29, 0.717) is 0 Å². The summed E-state index contributed by atoms with van der Waals surface area (Å²) in [4.78, 5) is 31.0. The summed E-state index contributed by atoms with van der Waals surface area (Å²) in [7, 11) is 0. The van der Waals surface area contributed by atoms with E-state index < -0.39 is 0 Å². The number of nitrogens with one attached hydrogen (secondary N) is 4. The minimum Gasteiger partial charge on any atom is -0.331 e. The number of aliphatic imine (C=N–C) groups is 2. The Morgan fingerprint density at radius 1 is 0.425 bits per heavy atom. The molecule has 190 valence electrons. The summed E-state index contributed by atoms with van der Waals surface area (Å²) in [5, 5.41) is 9.59. The lowest BCUT2D eigenvalue weighted by atomic mass is 9.90. The van der Waals surface area contributed by atoms with Crippen molar-refractivity contribution in [2.24, 2.45) is 31.8 Å². The minimum atomic E-state index is 0.0572. The maximum absolute atomic E-state index is 5.14. The van der Waals surface area contributed by atoms with Crippen LogP contribution >= 0.6 is 0 Å². The maximum Gasteiger partial charge on any atom is 0.142 e. The fourth-order valence-corrected chi connectivity index (χ4v) is 6.05. The topological polar surface area (TPSA) is 109 Å². The Bertz CT molecular complexity index is 2110. The van der Waals surface area contributed by atoms with Crippen molar-refractivity contribution in [1.82, 2.24) is 20.3 Å². The molecule has 8 nitrogen and oxygen atoms in total. The Morgan fingerprint density at radius 3 is 1.23 bits per heavy atom. The van der Waals surface area contributed by atoms with Crippen molar-refractivity contribution in [1.29, 1.82) is 0 Å². The molecule has 0 amide bonds. The molecule has 8 heteroatoms. The van der Waals surface area contributed by atoms with Crippen LogP contribution in [-0.2, 0) is 0 Å². The molecular formula is C32H22N8. The molecule has 40 heavy (non-hydrogen) atoms. The number of amidine groups is 2. The Labute approximate surface area is 227 Å². The van der Waals surface area contributed by atoms with Crippen LogP contribution in [0.2, 0.25) is 0 Å². The number of H-pyrrole nitrogens is 3. The molecule has 2 aliphatic heterocycles. The summed E-state index contributed by atoms with van der Waals surface area (Å²) < 4.78 is 0. The summed E-state index contributed by atoms with van der Waals surface area (Å²) in [5.74, 6) is 4.84. The summed E-state index contributed by atoms with van der Waals surface area (Å²) >= 11 is 0. The van der Waals surface area contributed by atoms with Crippen LogP contribution in [0.25, 0.3) is 32.3 Å². The largest absolute Gasteiger partial charge is 0.331 e. The van der Waals surface area contributed by atoms with Gasteiger partial charge in [-0.15, -0.1) is 0 Å². The molecular weight excluding hydrogens is 496 g/mol. The van der Waals surface area contributed by atoms with Crippen LogP contribution in [-0.4, -0.2) is 26.6 Å². The van der Waals surface area contributed by atoms with Gasteiger partial charge in [-0.25, -0.2) is 20.0 Å². The molecule has 3 aliphatic rings. The standard InChI is InChI=1S/C32H22N8/c1-2-10-18-17(9-1)25-33-26(18)38-28-21-13-5-6-14-22(21)30(35-28)40-32-24-16-8-7-15-23(24)31(36-32)39-29-20-12-4-3-11-19(20)27(34-29)37-25/h1-18,34-35H,(H,33,37,38)(H,36,39,40)/t17-,18-/m1/s1. The zero-order chi connectivity index (χ0) is 26.2. The van der Waals surface area contributed by atoms with Gasteiger partial charge in [-0.3, -0.25) is 0 Å². The van der Waals surface area contributed by atoms with Crippen molar-refractivity contribution in [3.05, 3.63) is 108 Å². The lowest BCUT2D eigenvalue weighted by Crippen LogP contribution is -2.22. The third kappa shape index (κ3) is 3.07. The molecule has 3 aromatic heterocycles. The van der Waals surface area contributed by atoms with E-state index in [2.05, 4.69) is 81.0 Å². The summed E-state index contributed by atoms with van der Waals surface area (Å²) in [6.45, 7) is 0. The molecule has 0 spiro atoms. The van der Waals surface area contributed by atoms with Crippen LogP contribution < -0.4 is 16.3 Å². The van der Waals surface area contributed by atoms with Crippen LogP contribution in [0, 0.1) is 11.8 Å². The maximum atomic E-state index is 5.14. The van der Waals surface area contributed by atoms with Crippen LogP contribution in [0.5, 0.6) is 0 Å². The molecule has 0 saturated carbocycles. The van der Waals surface area contributed by atoms with Crippen LogP contribution in [0.4, 0.5) is 23.3 Å². The molecule has 1 saturated heterocycles. The van der Waals surface area contributed by atoms with Crippen LogP contribution in [0.1, 0.15) is 0 Å². The van der Waals surface area contributed by atoms with Gasteiger partial charge in [0.15, 0.2) is 0 Å². The molecule has 2 atom stereocenters. The molecule has 0 radical (unpaired) electrons. The highest BCUT2D eigenvalue weighted by Crippen LogP contribution is 2.38. The first-order chi connectivity index (χ1) is 19.8. The molecule has 0 unspecified atom stereocenters. The predicted molar refractivity (Wildman–Crippen MR) is 159 cm³/mol. The summed E-state index contributed by atoms with van der Waals surface area (Å²) in [6, 6.07) is 24.6. The molecule has 5 heterocycles. The molecule has 3 aromatic carbocycles. The van der Waals surface area contributed by atoms with Gasteiger partial charge in [-0.05, 0) is 0 Å². The van der Waals surface area contributed by atoms with E-state index in [1.807, 2.05) is 36.4 Å². The molecule has 1 aliphatic carbocycles. The van der Waals surface area contributed by atoms with E-state index >= 15 is 0 Å². The van der Waals surface area contributed by atoms with Gasteiger partial charge in [-0.2, -0.15) is 0 Å². The van der Waals surface area contributed by atoms with E-state index in [-0.39, 0.29) is 11.8 Å². The van der Waals surface area contributed by atoms with Gasteiger partial charge in [-0.1, -0.05) is 97.1 Å². The lowest BCUT2D eigenvalue weighted by molar-refractivity contribution is 0.768. The average Bonchev–Trinajstić information content (AvgIpc) is 3.73. The Morgan fingerprint density at radius 2 is 0.800 bits per heavy atom. The normalized spacial score (nSPS) is 19.2. The van der Waals surface area contributed by atoms with E-state index in [0.717, 1.165) is 78.2 Å². The third-order valence-electron chi connectivity index (χ3n) is 7.96. The van der Waals surface area contributed by atoms with Crippen molar-refractivity contribution in [2.45, 2.75) is 0 Å². The van der Waals surface area contributed by atoms with E-state index in [9.17, 15) is 0 Å². The summed E-state index contributed by atoms with van der Waals surface area (Å²) in [5.41, 5.74) is 1.48.